The summed E-state index contributed by atoms with van der Waals surface area (Å²) in [5.74, 6) is 1.21. The second-order valence-corrected chi connectivity index (χ2v) is 8.15. The maximum atomic E-state index is 12.6. The molecule has 4 rings (SSSR count). The van der Waals surface area contributed by atoms with Crippen LogP contribution in [0.25, 0.3) is 0 Å². The molecule has 0 radical (unpaired) electrons. The summed E-state index contributed by atoms with van der Waals surface area (Å²) in [5, 5.41) is 3.42. The molecular formula is C17H29N3O. The van der Waals surface area contributed by atoms with Crippen LogP contribution in [0, 0.1) is 11.3 Å². The predicted molar refractivity (Wildman–Crippen MR) is 83.0 cm³/mol. The van der Waals surface area contributed by atoms with Crippen molar-refractivity contribution in [3.8, 4) is 0 Å². The summed E-state index contributed by atoms with van der Waals surface area (Å²) in [7, 11) is 0. The summed E-state index contributed by atoms with van der Waals surface area (Å²) in [6.45, 7) is 9.03. The van der Waals surface area contributed by atoms with Gasteiger partial charge in [-0.05, 0) is 70.4 Å². The van der Waals surface area contributed by atoms with E-state index in [1.165, 1.54) is 45.2 Å². The van der Waals surface area contributed by atoms with Gasteiger partial charge in [-0.3, -0.25) is 10.1 Å². The summed E-state index contributed by atoms with van der Waals surface area (Å²) in [6, 6.07) is 1.36. The Morgan fingerprint density at radius 3 is 2.43 bits per heavy atom. The molecule has 21 heavy (non-hydrogen) atoms. The maximum Gasteiger partial charge on any atom is 0.241 e. The van der Waals surface area contributed by atoms with Crippen molar-refractivity contribution in [1.29, 1.82) is 0 Å². The van der Waals surface area contributed by atoms with Crippen molar-refractivity contribution < 1.29 is 4.79 Å². The van der Waals surface area contributed by atoms with Gasteiger partial charge in [0.2, 0.25) is 5.91 Å². The standard InChI is InChI=1S/C17H29N3O/c1-12(2)19-8-5-17(6-9-19)7-10-20(11-17)16(21)15-14(18-15)13-3-4-13/h12-15,18H,3-11H2,1-2H3/t14-,15+/m0/s1. The third-order valence-electron chi connectivity index (χ3n) is 6.36. The van der Waals surface area contributed by atoms with Gasteiger partial charge in [0.15, 0.2) is 0 Å². The number of carbonyl (C=O) groups excluding carboxylic acids is 1. The van der Waals surface area contributed by atoms with Crippen LogP contribution in [-0.4, -0.2) is 60.0 Å². The quantitative estimate of drug-likeness (QED) is 0.801. The normalized spacial score (nSPS) is 35.7. The Morgan fingerprint density at radius 1 is 1.14 bits per heavy atom. The number of amides is 1. The zero-order valence-corrected chi connectivity index (χ0v) is 13.5. The van der Waals surface area contributed by atoms with Gasteiger partial charge in [0.05, 0.1) is 0 Å². The van der Waals surface area contributed by atoms with Crippen LogP contribution in [0.5, 0.6) is 0 Å². The van der Waals surface area contributed by atoms with Crippen molar-refractivity contribution in [2.45, 2.75) is 64.1 Å². The summed E-state index contributed by atoms with van der Waals surface area (Å²) < 4.78 is 0. The van der Waals surface area contributed by atoms with Crippen LogP contribution in [0.15, 0.2) is 0 Å². The van der Waals surface area contributed by atoms with Crippen LogP contribution in [0.1, 0.15) is 46.0 Å². The van der Waals surface area contributed by atoms with Crippen molar-refractivity contribution in [3.05, 3.63) is 0 Å². The van der Waals surface area contributed by atoms with Gasteiger partial charge in [0, 0.05) is 25.2 Å². The Hall–Kier alpha value is -0.610. The summed E-state index contributed by atoms with van der Waals surface area (Å²) in [5.41, 5.74) is 0.436. The van der Waals surface area contributed by atoms with E-state index in [4.69, 9.17) is 0 Å². The number of hydrogen-bond donors (Lipinski definition) is 1. The van der Waals surface area contributed by atoms with Gasteiger partial charge in [-0.2, -0.15) is 0 Å². The van der Waals surface area contributed by atoms with Crippen molar-refractivity contribution in [2.24, 2.45) is 11.3 Å². The summed E-state index contributed by atoms with van der Waals surface area (Å²) in [4.78, 5) is 17.4. The molecule has 0 aromatic heterocycles. The van der Waals surface area contributed by atoms with Crippen molar-refractivity contribution in [2.75, 3.05) is 26.2 Å². The highest BCUT2D eigenvalue weighted by Gasteiger charge is 2.53. The molecule has 4 aliphatic rings. The lowest BCUT2D eigenvalue weighted by Crippen LogP contribution is -2.45. The number of rotatable bonds is 3. The van der Waals surface area contributed by atoms with Crippen LogP contribution >= 0.6 is 0 Å². The van der Waals surface area contributed by atoms with E-state index < -0.39 is 0 Å². The topological polar surface area (TPSA) is 45.5 Å². The Kier molecular flexibility index (Phi) is 3.30. The molecule has 4 fully saturated rings. The highest BCUT2D eigenvalue weighted by atomic mass is 16.2. The lowest BCUT2D eigenvalue weighted by atomic mass is 9.77. The molecule has 3 aliphatic heterocycles. The van der Waals surface area contributed by atoms with Gasteiger partial charge < -0.3 is 9.80 Å². The summed E-state index contributed by atoms with van der Waals surface area (Å²) >= 11 is 0. The molecule has 0 bridgehead atoms. The zero-order chi connectivity index (χ0) is 14.6. The molecule has 0 aromatic carbocycles. The first kappa shape index (κ1) is 14.0. The minimum absolute atomic E-state index is 0.170. The predicted octanol–water partition coefficient (Wildman–Crippen LogP) is 1.46. The summed E-state index contributed by atoms with van der Waals surface area (Å²) in [6.07, 6.45) is 6.44. The molecule has 2 atom stereocenters. The molecule has 4 heteroatoms. The second kappa shape index (κ2) is 4.95. The molecule has 118 valence electrons. The first-order valence-corrected chi connectivity index (χ1v) is 8.87. The molecule has 1 aliphatic carbocycles. The van der Waals surface area contributed by atoms with E-state index in [1.54, 1.807) is 0 Å². The van der Waals surface area contributed by atoms with E-state index in [-0.39, 0.29) is 6.04 Å². The molecule has 0 aromatic rings. The molecule has 4 nitrogen and oxygen atoms in total. The van der Waals surface area contributed by atoms with Crippen molar-refractivity contribution >= 4 is 5.91 Å². The van der Waals surface area contributed by atoms with E-state index in [2.05, 4.69) is 29.0 Å². The lowest BCUT2D eigenvalue weighted by Gasteiger charge is -2.41. The minimum atomic E-state index is 0.170. The smallest absolute Gasteiger partial charge is 0.241 e. The van der Waals surface area contributed by atoms with Crippen LogP contribution in [0.3, 0.4) is 0 Å². The monoisotopic (exact) mass is 291 g/mol. The van der Waals surface area contributed by atoms with Crippen LogP contribution < -0.4 is 5.32 Å². The molecule has 3 saturated heterocycles. The maximum absolute atomic E-state index is 12.6. The number of hydrogen-bond acceptors (Lipinski definition) is 3. The number of piperidine rings is 1. The van der Waals surface area contributed by atoms with E-state index in [0.717, 1.165) is 19.0 Å². The minimum Gasteiger partial charge on any atom is -0.341 e. The molecule has 1 N–H and O–H groups in total. The molecule has 3 heterocycles. The van der Waals surface area contributed by atoms with E-state index >= 15 is 0 Å². The van der Waals surface area contributed by atoms with Gasteiger partial charge in [-0.25, -0.2) is 0 Å². The van der Waals surface area contributed by atoms with Gasteiger partial charge >= 0.3 is 0 Å². The van der Waals surface area contributed by atoms with Crippen LogP contribution in [0.4, 0.5) is 0 Å². The highest BCUT2D eigenvalue weighted by Crippen LogP contribution is 2.43. The number of likely N-dealkylation sites (tertiary alicyclic amines) is 2. The fourth-order valence-electron chi connectivity index (χ4n) is 4.48. The van der Waals surface area contributed by atoms with Crippen molar-refractivity contribution in [3.63, 3.8) is 0 Å². The second-order valence-electron chi connectivity index (χ2n) is 8.15. The zero-order valence-electron chi connectivity index (χ0n) is 13.5. The third-order valence-corrected chi connectivity index (χ3v) is 6.36. The molecular weight excluding hydrogens is 262 g/mol. The van der Waals surface area contributed by atoms with Crippen molar-refractivity contribution in [1.82, 2.24) is 15.1 Å². The largest absolute Gasteiger partial charge is 0.341 e. The SMILES string of the molecule is CC(C)N1CCC2(CCN(C(=O)[C@@H]3N[C@H]3C3CC3)C2)CC1. The van der Waals surface area contributed by atoms with E-state index in [9.17, 15) is 4.79 Å². The average molecular weight is 291 g/mol. The fourth-order valence-corrected chi connectivity index (χ4v) is 4.48. The molecule has 1 saturated carbocycles. The van der Waals surface area contributed by atoms with Gasteiger partial charge in [-0.1, -0.05) is 0 Å². The Morgan fingerprint density at radius 2 is 1.81 bits per heavy atom. The van der Waals surface area contributed by atoms with E-state index in [0.29, 0.717) is 23.4 Å². The van der Waals surface area contributed by atoms with Gasteiger partial charge in [0.1, 0.15) is 6.04 Å². The number of nitrogens with one attached hydrogen (secondary N) is 1. The molecule has 0 unspecified atom stereocenters. The highest BCUT2D eigenvalue weighted by molar-refractivity contribution is 5.86. The Bertz CT molecular complexity index is 424. The fraction of sp³-hybridized carbons (Fsp3) is 0.941. The van der Waals surface area contributed by atoms with Gasteiger partial charge in [-0.15, -0.1) is 0 Å². The first-order chi connectivity index (χ1) is 10.1. The molecule has 1 spiro atoms. The Labute approximate surface area is 128 Å². The first-order valence-electron chi connectivity index (χ1n) is 8.87. The number of nitrogens with zero attached hydrogens (tertiary/aromatic N) is 2. The Balaban J connectivity index is 1.32. The average Bonchev–Trinajstić information content (AvgIpc) is 3.35. The third kappa shape index (κ3) is 2.61. The van der Waals surface area contributed by atoms with Crippen LogP contribution in [0.2, 0.25) is 0 Å². The molecule has 1 amide bonds. The number of carbonyl (C=O) groups is 1. The lowest BCUT2D eigenvalue weighted by molar-refractivity contribution is -0.130. The van der Waals surface area contributed by atoms with Crippen LogP contribution in [-0.2, 0) is 4.79 Å². The van der Waals surface area contributed by atoms with Gasteiger partial charge in [0.25, 0.3) is 0 Å². The van der Waals surface area contributed by atoms with E-state index in [1.807, 2.05) is 0 Å².